The highest BCUT2D eigenvalue weighted by Crippen LogP contribution is 2.14. The smallest absolute Gasteiger partial charge is 0.123 e. The van der Waals surface area contributed by atoms with Crippen LogP contribution in [0, 0.1) is 5.82 Å². The lowest BCUT2D eigenvalue weighted by Crippen LogP contribution is -2.45. The number of nitrogens with one attached hydrogen (secondary N) is 2. The minimum atomic E-state index is -0.364. The van der Waals surface area contributed by atoms with Gasteiger partial charge in [-0.15, -0.1) is 0 Å². The van der Waals surface area contributed by atoms with Crippen molar-refractivity contribution in [2.45, 2.75) is 44.8 Å². The number of likely N-dealkylation sites (N-methyl/N-ethyl adjacent to an activating group) is 1. The second-order valence-electron chi connectivity index (χ2n) is 5.96. The third kappa shape index (κ3) is 6.98. The van der Waals surface area contributed by atoms with E-state index in [1.807, 2.05) is 19.2 Å². The molecule has 0 heterocycles. The van der Waals surface area contributed by atoms with E-state index in [1.165, 1.54) is 12.1 Å². The number of rotatable bonds is 9. The molecule has 0 amide bonds. The number of benzene rings is 1. The Morgan fingerprint density at radius 2 is 1.85 bits per heavy atom. The van der Waals surface area contributed by atoms with Crippen molar-refractivity contribution in [2.24, 2.45) is 0 Å². The number of hydrogen-bond donors (Lipinski definition) is 3. The molecular weight excluding hydrogens is 255 g/mol. The Bertz CT molecular complexity index is 379. The second-order valence-corrected chi connectivity index (χ2v) is 5.96. The minimum Gasteiger partial charge on any atom is -0.390 e. The van der Waals surface area contributed by atoms with Gasteiger partial charge >= 0.3 is 0 Å². The highest BCUT2D eigenvalue weighted by atomic mass is 19.1. The van der Waals surface area contributed by atoms with Crippen LogP contribution in [-0.2, 0) is 6.42 Å². The van der Waals surface area contributed by atoms with Crippen molar-refractivity contribution < 1.29 is 9.50 Å². The molecule has 0 aromatic heterocycles. The van der Waals surface area contributed by atoms with Crippen LogP contribution in [0.3, 0.4) is 0 Å². The largest absolute Gasteiger partial charge is 0.390 e. The molecule has 114 valence electrons. The molecule has 3 N–H and O–H groups in total. The van der Waals surface area contributed by atoms with Gasteiger partial charge in [-0.2, -0.15) is 0 Å². The van der Waals surface area contributed by atoms with E-state index < -0.39 is 0 Å². The lowest BCUT2D eigenvalue weighted by atomic mass is 9.95. The molecule has 0 bridgehead atoms. The van der Waals surface area contributed by atoms with Gasteiger partial charge in [0.2, 0.25) is 0 Å². The van der Waals surface area contributed by atoms with E-state index in [9.17, 15) is 9.50 Å². The average Bonchev–Trinajstić information content (AvgIpc) is 2.39. The summed E-state index contributed by atoms with van der Waals surface area (Å²) in [6.45, 7) is 5.47. The molecule has 0 saturated carbocycles. The van der Waals surface area contributed by atoms with Gasteiger partial charge in [0.15, 0.2) is 0 Å². The Morgan fingerprint density at radius 1 is 1.20 bits per heavy atom. The Morgan fingerprint density at radius 3 is 2.45 bits per heavy atom. The normalized spacial score (nSPS) is 13.4. The molecule has 0 aliphatic rings. The van der Waals surface area contributed by atoms with Crippen molar-refractivity contribution in [3.63, 3.8) is 0 Å². The number of aliphatic hydroxyl groups is 1. The summed E-state index contributed by atoms with van der Waals surface area (Å²) in [6, 6.07) is 6.69. The molecule has 1 aromatic carbocycles. The predicted octanol–water partition coefficient (Wildman–Crippen LogP) is 2.10. The third-order valence-electron chi connectivity index (χ3n) is 3.44. The SMILES string of the molecule is CNC[C@H](O)CNC(C)(C)CCCc1ccc(F)cc1. The van der Waals surface area contributed by atoms with E-state index in [4.69, 9.17) is 0 Å². The fourth-order valence-electron chi connectivity index (χ4n) is 2.18. The first kappa shape index (κ1) is 17.1. The Kier molecular flexibility index (Phi) is 7.13. The summed E-state index contributed by atoms with van der Waals surface area (Å²) in [5, 5.41) is 16.0. The van der Waals surface area contributed by atoms with E-state index in [2.05, 4.69) is 24.5 Å². The van der Waals surface area contributed by atoms with Gasteiger partial charge in [-0.1, -0.05) is 12.1 Å². The topological polar surface area (TPSA) is 44.3 Å². The highest BCUT2D eigenvalue weighted by Gasteiger charge is 2.17. The van der Waals surface area contributed by atoms with E-state index >= 15 is 0 Å². The first-order chi connectivity index (χ1) is 9.43. The molecular formula is C16H27FN2O. The molecule has 1 rings (SSSR count). The van der Waals surface area contributed by atoms with Crippen molar-refractivity contribution in [1.82, 2.24) is 10.6 Å². The zero-order valence-electron chi connectivity index (χ0n) is 12.7. The van der Waals surface area contributed by atoms with Crippen LogP contribution >= 0.6 is 0 Å². The maximum Gasteiger partial charge on any atom is 0.123 e. The van der Waals surface area contributed by atoms with Gasteiger partial charge in [0.25, 0.3) is 0 Å². The zero-order valence-corrected chi connectivity index (χ0v) is 12.7. The predicted molar refractivity (Wildman–Crippen MR) is 81.4 cm³/mol. The summed E-state index contributed by atoms with van der Waals surface area (Å²) in [4.78, 5) is 0. The third-order valence-corrected chi connectivity index (χ3v) is 3.44. The first-order valence-electron chi connectivity index (χ1n) is 7.25. The molecule has 0 fully saturated rings. The summed E-state index contributed by atoms with van der Waals surface area (Å²) in [5.41, 5.74) is 1.16. The van der Waals surface area contributed by atoms with Gasteiger partial charge in [-0.3, -0.25) is 0 Å². The van der Waals surface area contributed by atoms with Gasteiger partial charge in [0.1, 0.15) is 5.82 Å². The van der Waals surface area contributed by atoms with Crippen LogP contribution in [0.1, 0.15) is 32.3 Å². The van der Waals surface area contributed by atoms with Gasteiger partial charge < -0.3 is 15.7 Å². The van der Waals surface area contributed by atoms with Crippen LogP contribution in [0.15, 0.2) is 24.3 Å². The number of hydrogen-bond acceptors (Lipinski definition) is 3. The Balaban J connectivity index is 2.26. The van der Waals surface area contributed by atoms with Gasteiger partial charge in [-0.25, -0.2) is 4.39 Å². The van der Waals surface area contributed by atoms with Crippen LogP contribution in [0.4, 0.5) is 4.39 Å². The van der Waals surface area contributed by atoms with Gasteiger partial charge in [0, 0.05) is 18.6 Å². The monoisotopic (exact) mass is 282 g/mol. The van der Waals surface area contributed by atoms with Gasteiger partial charge in [-0.05, 0) is 57.9 Å². The summed E-state index contributed by atoms with van der Waals surface area (Å²) in [6.07, 6.45) is 2.63. The molecule has 3 nitrogen and oxygen atoms in total. The lowest BCUT2D eigenvalue weighted by Gasteiger charge is -2.28. The Hall–Kier alpha value is -0.970. The molecule has 0 unspecified atom stereocenters. The van der Waals surface area contributed by atoms with Gasteiger partial charge in [0.05, 0.1) is 6.10 Å². The molecule has 4 heteroatoms. The number of aliphatic hydroxyl groups excluding tert-OH is 1. The first-order valence-corrected chi connectivity index (χ1v) is 7.25. The van der Waals surface area contributed by atoms with Crippen LogP contribution < -0.4 is 10.6 Å². The van der Waals surface area contributed by atoms with Crippen molar-refractivity contribution >= 4 is 0 Å². The number of aryl methyl sites for hydroxylation is 1. The van der Waals surface area contributed by atoms with Crippen LogP contribution in [-0.4, -0.2) is 36.9 Å². The van der Waals surface area contributed by atoms with E-state index in [0.717, 1.165) is 24.8 Å². The fourth-order valence-corrected chi connectivity index (χ4v) is 2.18. The van der Waals surface area contributed by atoms with Crippen molar-refractivity contribution in [2.75, 3.05) is 20.1 Å². The van der Waals surface area contributed by atoms with E-state index in [1.54, 1.807) is 0 Å². The van der Waals surface area contributed by atoms with E-state index in [-0.39, 0.29) is 17.5 Å². The van der Waals surface area contributed by atoms with Crippen LogP contribution in [0.25, 0.3) is 0 Å². The second kappa shape index (κ2) is 8.35. The standard InChI is InChI=1S/C16H27FN2O/c1-16(2,19-12-15(20)11-18-3)10-4-5-13-6-8-14(17)9-7-13/h6-9,15,18-20H,4-5,10-12H2,1-3H3/t15-/m0/s1. The molecule has 0 radical (unpaired) electrons. The quantitative estimate of drug-likeness (QED) is 0.650. The maximum absolute atomic E-state index is 12.8. The summed E-state index contributed by atoms with van der Waals surface area (Å²) < 4.78 is 12.8. The van der Waals surface area contributed by atoms with Crippen LogP contribution in [0.5, 0.6) is 0 Å². The molecule has 1 aromatic rings. The molecule has 0 aliphatic carbocycles. The van der Waals surface area contributed by atoms with Crippen molar-refractivity contribution in [3.8, 4) is 0 Å². The fraction of sp³-hybridized carbons (Fsp3) is 0.625. The number of halogens is 1. The molecule has 0 aliphatic heterocycles. The Labute approximate surface area is 121 Å². The number of β-amino-alcohol motifs (C(OH)–C–C–N with tert-alkyl or cyclic N) is 1. The maximum atomic E-state index is 12.8. The minimum absolute atomic E-state index is 0.00521. The van der Waals surface area contributed by atoms with E-state index in [0.29, 0.717) is 13.1 Å². The van der Waals surface area contributed by atoms with Crippen molar-refractivity contribution in [3.05, 3.63) is 35.6 Å². The summed E-state index contributed by atoms with van der Waals surface area (Å²) in [5.74, 6) is -0.186. The van der Waals surface area contributed by atoms with Crippen LogP contribution in [0.2, 0.25) is 0 Å². The summed E-state index contributed by atoms with van der Waals surface area (Å²) >= 11 is 0. The molecule has 0 spiro atoms. The average molecular weight is 282 g/mol. The highest BCUT2D eigenvalue weighted by molar-refractivity contribution is 5.16. The molecule has 20 heavy (non-hydrogen) atoms. The van der Waals surface area contributed by atoms with Crippen molar-refractivity contribution in [1.29, 1.82) is 0 Å². The summed E-state index contributed by atoms with van der Waals surface area (Å²) in [7, 11) is 1.83. The molecule has 1 atom stereocenters. The molecule has 0 saturated heterocycles. The lowest BCUT2D eigenvalue weighted by molar-refractivity contribution is 0.156. The zero-order chi connectivity index (χ0) is 15.0.